The Balaban J connectivity index is 2.19. The molecule has 140 valence electrons. The van der Waals surface area contributed by atoms with Gasteiger partial charge in [-0.05, 0) is 30.7 Å². The Hall–Kier alpha value is -2.62. The fourth-order valence-corrected chi connectivity index (χ4v) is 4.65. The van der Waals surface area contributed by atoms with Crippen molar-refractivity contribution >= 4 is 27.3 Å². The van der Waals surface area contributed by atoms with Gasteiger partial charge < -0.3 is 5.32 Å². The highest BCUT2D eigenvalue weighted by atomic mass is 32.2. The molecule has 0 aliphatic carbocycles. The number of aryl methyl sites for hydroxylation is 1. The molecule has 0 unspecified atom stereocenters. The van der Waals surface area contributed by atoms with E-state index in [1.165, 1.54) is 0 Å². The highest BCUT2D eigenvalue weighted by Crippen LogP contribution is 2.37. The summed E-state index contributed by atoms with van der Waals surface area (Å²) in [6, 6.07) is 11.1. The number of pyridine rings is 1. The van der Waals surface area contributed by atoms with E-state index >= 15 is 0 Å². The Morgan fingerprint density at radius 3 is 2.59 bits per heavy atom. The van der Waals surface area contributed by atoms with Crippen LogP contribution in [-0.4, -0.2) is 31.3 Å². The van der Waals surface area contributed by atoms with E-state index in [9.17, 15) is 13.2 Å². The van der Waals surface area contributed by atoms with Crippen LogP contribution < -0.4 is 10.5 Å². The zero-order chi connectivity index (χ0) is 19.6. The number of thiazole rings is 1. The van der Waals surface area contributed by atoms with Crippen molar-refractivity contribution in [3.8, 4) is 21.8 Å². The summed E-state index contributed by atoms with van der Waals surface area (Å²) in [5.41, 5.74) is 3.36. The van der Waals surface area contributed by atoms with E-state index in [0.717, 1.165) is 28.2 Å². The third kappa shape index (κ3) is 4.21. The van der Waals surface area contributed by atoms with Gasteiger partial charge in [-0.15, -0.1) is 11.3 Å². The zero-order valence-electron chi connectivity index (χ0n) is 14.8. The van der Waals surface area contributed by atoms with Crippen molar-refractivity contribution in [3.63, 3.8) is 0 Å². The van der Waals surface area contributed by atoms with Gasteiger partial charge in [-0.1, -0.05) is 18.2 Å². The molecule has 2 heterocycles. The van der Waals surface area contributed by atoms with Crippen LogP contribution >= 0.6 is 11.3 Å². The topological polar surface area (TPSA) is 115 Å². The minimum atomic E-state index is -3.85. The second-order valence-corrected chi connectivity index (χ2v) is 8.64. The number of benzene rings is 1. The molecule has 27 heavy (non-hydrogen) atoms. The van der Waals surface area contributed by atoms with Gasteiger partial charge >= 0.3 is 0 Å². The monoisotopic (exact) mass is 402 g/mol. The molecular formula is C18H18N4O3S2. The van der Waals surface area contributed by atoms with Crippen LogP contribution in [0.3, 0.4) is 0 Å². The number of rotatable bonds is 5. The number of amides is 1. The van der Waals surface area contributed by atoms with Crippen molar-refractivity contribution in [2.24, 2.45) is 5.14 Å². The Kier molecular flexibility index (Phi) is 5.36. The van der Waals surface area contributed by atoms with Crippen molar-refractivity contribution in [1.82, 2.24) is 15.3 Å². The number of hydrogen-bond acceptors (Lipinski definition) is 6. The second-order valence-electron chi connectivity index (χ2n) is 5.88. The van der Waals surface area contributed by atoms with Crippen molar-refractivity contribution in [2.45, 2.75) is 17.6 Å². The summed E-state index contributed by atoms with van der Waals surface area (Å²) in [6.07, 6.45) is 1.89. The molecule has 0 saturated heterocycles. The molecule has 0 fully saturated rings. The van der Waals surface area contributed by atoms with Gasteiger partial charge in [0, 0.05) is 24.4 Å². The maximum Gasteiger partial charge on any atom is 0.249 e. The number of carbonyl (C=O) groups is 1. The van der Waals surface area contributed by atoms with Crippen LogP contribution in [-0.2, 0) is 21.2 Å². The Bertz CT molecular complexity index is 1090. The van der Waals surface area contributed by atoms with Gasteiger partial charge in [0.15, 0.2) is 4.21 Å². The minimum absolute atomic E-state index is 0.0289. The number of nitrogens with two attached hydrogens (primary N) is 1. The molecule has 0 bridgehead atoms. The zero-order valence-corrected chi connectivity index (χ0v) is 16.4. The molecule has 0 radical (unpaired) electrons. The molecule has 0 saturated carbocycles. The van der Waals surface area contributed by atoms with Crippen LogP contribution in [0.4, 0.5) is 0 Å². The molecule has 1 aromatic carbocycles. The van der Waals surface area contributed by atoms with Crippen LogP contribution in [0.2, 0.25) is 0 Å². The lowest BCUT2D eigenvalue weighted by molar-refractivity contribution is -0.119. The molecular weight excluding hydrogens is 384 g/mol. The molecule has 3 rings (SSSR count). The van der Waals surface area contributed by atoms with Gasteiger partial charge in [0.2, 0.25) is 15.9 Å². The molecule has 0 aliphatic heterocycles. The van der Waals surface area contributed by atoms with Gasteiger partial charge in [-0.2, -0.15) is 0 Å². The van der Waals surface area contributed by atoms with Gasteiger partial charge in [0.1, 0.15) is 5.01 Å². The van der Waals surface area contributed by atoms with Gasteiger partial charge in [0.25, 0.3) is 0 Å². The average molecular weight is 403 g/mol. The lowest BCUT2D eigenvalue weighted by Gasteiger charge is -2.10. The van der Waals surface area contributed by atoms with E-state index in [-0.39, 0.29) is 16.5 Å². The lowest BCUT2D eigenvalue weighted by Crippen LogP contribution is -2.19. The van der Waals surface area contributed by atoms with Crippen LogP contribution in [0, 0.1) is 6.92 Å². The van der Waals surface area contributed by atoms with Gasteiger partial charge in [0.05, 0.1) is 17.8 Å². The minimum Gasteiger partial charge on any atom is -0.359 e. The molecule has 9 heteroatoms. The van der Waals surface area contributed by atoms with Crippen molar-refractivity contribution in [3.05, 3.63) is 53.9 Å². The quantitative estimate of drug-likeness (QED) is 0.678. The number of nitrogens with one attached hydrogen (secondary N) is 1. The summed E-state index contributed by atoms with van der Waals surface area (Å²) in [5, 5.41) is 8.39. The van der Waals surface area contributed by atoms with E-state index in [4.69, 9.17) is 5.14 Å². The highest BCUT2D eigenvalue weighted by molar-refractivity contribution is 7.91. The highest BCUT2D eigenvalue weighted by Gasteiger charge is 2.21. The summed E-state index contributed by atoms with van der Waals surface area (Å²) in [5.74, 6) is -0.118. The van der Waals surface area contributed by atoms with E-state index in [1.54, 1.807) is 20.2 Å². The lowest BCUT2D eigenvalue weighted by atomic mass is 9.99. The van der Waals surface area contributed by atoms with Gasteiger partial charge in [-0.3, -0.25) is 9.78 Å². The van der Waals surface area contributed by atoms with E-state index in [2.05, 4.69) is 15.3 Å². The van der Waals surface area contributed by atoms with Gasteiger partial charge in [-0.25, -0.2) is 18.5 Å². The van der Waals surface area contributed by atoms with E-state index < -0.39 is 10.0 Å². The molecule has 3 N–H and O–H groups in total. The van der Waals surface area contributed by atoms with E-state index in [0.29, 0.717) is 16.3 Å². The normalized spacial score (nSPS) is 11.4. The fraction of sp³-hybridized carbons (Fsp3) is 0.167. The predicted octanol–water partition coefficient (Wildman–Crippen LogP) is 2.12. The SMILES string of the molecule is CNC(=O)Cc1ccc(-c2ccccn2)c(-c2nc(C)c(S(N)(=O)=O)s2)c1. The summed E-state index contributed by atoms with van der Waals surface area (Å²) in [4.78, 5) is 20.5. The predicted molar refractivity (Wildman–Crippen MR) is 105 cm³/mol. The fourth-order valence-electron chi connectivity index (χ4n) is 2.66. The van der Waals surface area contributed by atoms with Crippen LogP contribution in [0.1, 0.15) is 11.3 Å². The molecule has 0 atom stereocenters. The van der Waals surface area contributed by atoms with E-state index in [1.807, 2.05) is 36.4 Å². The number of aromatic nitrogens is 2. The standard InChI is InChI=1S/C18H18N4O3S2/c1-11-18(27(19,24)25)26-17(22-11)14-9-12(10-16(23)20-2)6-7-13(14)15-5-3-4-8-21-15/h3-9H,10H2,1-2H3,(H,20,23)(H2,19,24,25). The van der Waals surface area contributed by atoms with Crippen molar-refractivity contribution in [2.75, 3.05) is 7.05 Å². The number of primary sulfonamides is 1. The number of sulfonamides is 1. The molecule has 3 aromatic rings. The second kappa shape index (κ2) is 7.55. The Morgan fingerprint density at radius 2 is 2.00 bits per heavy atom. The van der Waals surface area contributed by atoms with Crippen LogP contribution in [0.15, 0.2) is 46.8 Å². The molecule has 1 amide bonds. The average Bonchev–Trinajstić information content (AvgIpc) is 3.04. The van der Waals surface area contributed by atoms with Crippen molar-refractivity contribution in [1.29, 1.82) is 0 Å². The maximum atomic E-state index is 11.8. The Morgan fingerprint density at radius 1 is 1.22 bits per heavy atom. The third-order valence-electron chi connectivity index (χ3n) is 3.91. The van der Waals surface area contributed by atoms with Crippen LogP contribution in [0.5, 0.6) is 0 Å². The third-order valence-corrected chi connectivity index (χ3v) is 6.66. The van der Waals surface area contributed by atoms with Crippen LogP contribution in [0.25, 0.3) is 21.8 Å². The smallest absolute Gasteiger partial charge is 0.249 e. The number of carbonyl (C=O) groups excluding carboxylic acids is 1. The number of hydrogen-bond donors (Lipinski definition) is 2. The summed E-state index contributed by atoms with van der Waals surface area (Å²) < 4.78 is 23.6. The molecule has 0 spiro atoms. The first kappa shape index (κ1) is 19.2. The summed E-state index contributed by atoms with van der Waals surface area (Å²) in [6.45, 7) is 1.61. The first-order valence-electron chi connectivity index (χ1n) is 8.05. The Labute approximate surface area is 161 Å². The van der Waals surface area contributed by atoms with Crippen molar-refractivity contribution < 1.29 is 13.2 Å². The molecule has 2 aromatic heterocycles. The summed E-state index contributed by atoms with van der Waals surface area (Å²) in [7, 11) is -2.28. The summed E-state index contributed by atoms with van der Waals surface area (Å²) >= 11 is 1.01. The first-order valence-corrected chi connectivity index (χ1v) is 10.4. The maximum absolute atomic E-state index is 11.8. The number of nitrogens with zero attached hydrogens (tertiary/aromatic N) is 2. The number of likely N-dealkylation sites (N-methyl/N-ethyl adjacent to an activating group) is 1. The first-order chi connectivity index (χ1) is 12.8. The largest absolute Gasteiger partial charge is 0.359 e. The molecule has 0 aliphatic rings. The molecule has 7 nitrogen and oxygen atoms in total.